The van der Waals surface area contributed by atoms with Gasteiger partial charge in [0.05, 0.1) is 5.56 Å². The zero-order chi connectivity index (χ0) is 23.1. The van der Waals surface area contributed by atoms with E-state index in [-0.39, 0.29) is 30.3 Å². The molecule has 2 heterocycles. The van der Waals surface area contributed by atoms with E-state index in [1.807, 2.05) is 0 Å². The molecule has 6 nitrogen and oxygen atoms in total. The maximum atomic E-state index is 13.1. The number of piperidine rings is 1. The molecule has 2 saturated heterocycles. The first-order chi connectivity index (χ1) is 15.3. The van der Waals surface area contributed by atoms with Crippen molar-refractivity contribution >= 4 is 11.8 Å². The Bertz CT molecular complexity index is 764. The lowest BCUT2D eigenvalue weighted by Gasteiger charge is -2.35. The van der Waals surface area contributed by atoms with E-state index in [1.165, 1.54) is 18.6 Å². The smallest absolute Gasteiger partial charge is 0.340 e. The van der Waals surface area contributed by atoms with Gasteiger partial charge in [0.1, 0.15) is 0 Å². The van der Waals surface area contributed by atoms with E-state index in [1.54, 1.807) is 9.80 Å². The first kappa shape index (κ1) is 24.5. The number of hydrogen-bond donors (Lipinski definition) is 1. The third-order valence-corrected chi connectivity index (χ3v) is 6.41. The Morgan fingerprint density at radius 2 is 1.75 bits per heavy atom. The second-order valence-corrected chi connectivity index (χ2v) is 8.63. The van der Waals surface area contributed by atoms with Crippen molar-refractivity contribution in [3.8, 4) is 0 Å². The molecule has 2 aliphatic rings. The van der Waals surface area contributed by atoms with Crippen LogP contribution in [0.2, 0.25) is 0 Å². The zero-order valence-corrected chi connectivity index (χ0v) is 18.7. The number of piperazine rings is 1. The number of nitrogens with one attached hydrogen (secondary N) is 1. The first-order valence-electron chi connectivity index (χ1n) is 11.4. The van der Waals surface area contributed by atoms with Crippen molar-refractivity contribution in [2.45, 2.75) is 44.8 Å². The van der Waals surface area contributed by atoms with Crippen LogP contribution in [0, 0.1) is 0 Å². The summed E-state index contributed by atoms with van der Waals surface area (Å²) in [6.07, 6.45) is -0.790. The van der Waals surface area contributed by atoms with Crippen molar-refractivity contribution < 1.29 is 22.8 Å². The SMILES string of the molecule is C[C@@H]1CCCCN1CCN(CCC(=O)N1CCNCC1)C(=O)c1ccc(C(F)(F)F)cc1. The van der Waals surface area contributed by atoms with Gasteiger partial charge in [0.15, 0.2) is 0 Å². The van der Waals surface area contributed by atoms with Crippen molar-refractivity contribution in [3.63, 3.8) is 0 Å². The fourth-order valence-corrected chi connectivity index (χ4v) is 4.34. The molecule has 3 rings (SSSR count). The van der Waals surface area contributed by atoms with Crippen LogP contribution in [0.25, 0.3) is 0 Å². The Morgan fingerprint density at radius 3 is 2.38 bits per heavy atom. The van der Waals surface area contributed by atoms with Crippen LogP contribution in [0.1, 0.15) is 48.5 Å². The van der Waals surface area contributed by atoms with Gasteiger partial charge in [0.25, 0.3) is 5.91 Å². The third-order valence-electron chi connectivity index (χ3n) is 6.41. The van der Waals surface area contributed by atoms with E-state index in [4.69, 9.17) is 0 Å². The van der Waals surface area contributed by atoms with E-state index in [2.05, 4.69) is 17.1 Å². The number of alkyl halides is 3. The van der Waals surface area contributed by atoms with Crippen LogP contribution in [0.5, 0.6) is 0 Å². The molecule has 0 aliphatic carbocycles. The lowest BCUT2D eigenvalue weighted by atomic mass is 10.0. The molecule has 0 bridgehead atoms. The zero-order valence-electron chi connectivity index (χ0n) is 18.7. The highest BCUT2D eigenvalue weighted by Crippen LogP contribution is 2.29. The lowest BCUT2D eigenvalue weighted by Crippen LogP contribution is -2.48. The van der Waals surface area contributed by atoms with E-state index in [0.717, 1.165) is 44.6 Å². The fourth-order valence-electron chi connectivity index (χ4n) is 4.34. The molecule has 178 valence electrons. The predicted octanol–water partition coefficient (Wildman–Crippen LogP) is 2.84. The van der Waals surface area contributed by atoms with Crippen LogP contribution >= 0.6 is 0 Å². The monoisotopic (exact) mass is 454 g/mol. The van der Waals surface area contributed by atoms with Gasteiger partial charge < -0.3 is 15.1 Å². The van der Waals surface area contributed by atoms with Crippen molar-refractivity contribution in [3.05, 3.63) is 35.4 Å². The summed E-state index contributed by atoms with van der Waals surface area (Å²) in [7, 11) is 0. The average molecular weight is 455 g/mol. The topological polar surface area (TPSA) is 55.9 Å². The van der Waals surface area contributed by atoms with Crippen molar-refractivity contribution in [2.75, 3.05) is 52.4 Å². The van der Waals surface area contributed by atoms with Gasteiger partial charge in [-0.15, -0.1) is 0 Å². The van der Waals surface area contributed by atoms with Gasteiger partial charge in [-0.25, -0.2) is 0 Å². The molecule has 9 heteroatoms. The number of carbonyl (C=O) groups is 2. The second-order valence-electron chi connectivity index (χ2n) is 8.63. The van der Waals surface area contributed by atoms with Gasteiger partial charge in [0.2, 0.25) is 5.91 Å². The number of nitrogens with zero attached hydrogens (tertiary/aromatic N) is 3. The average Bonchev–Trinajstić information content (AvgIpc) is 2.79. The van der Waals surface area contributed by atoms with Gasteiger partial charge >= 0.3 is 6.18 Å². The molecular weight excluding hydrogens is 421 g/mol. The van der Waals surface area contributed by atoms with Crippen LogP contribution in [0.15, 0.2) is 24.3 Å². The Hall–Kier alpha value is -2.13. The van der Waals surface area contributed by atoms with Gasteiger partial charge in [-0.05, 0) is 50.6 Å². The molecular formula is C23H33F3N4O2. The standard InChI is InChI=1S/C23H33F3N4O2/c1-18-4-2-3-12-28(18)16-17-30(13-9-21(31)29-14-10-27-11-15-29)22(32)19-5-7-20(8-6-19)23(24,25)26/h5-8,18,27H,2-4,9-17H2,1H3/t18-/m1/s1. The minimum absolute atomic E-state index is 0.00283. The predicted molar refractivity (Wildman–Crippen MR) is 116 cm³/mol. The second kappa shape index (κ2) is 11.1. The summed E-state index contributed by atoms with van der Waals surface area (Å²) >= 11 is 0. The highest BCUT2D eigenvalue weighted by Gasteiger charge is 2.30. The number of rotatable bonds is 7. The number of carbonyl (C=O) groups excluding carboxylic acids is 2. The van der Waals surface area contributed by atoms with Crippen molar-refractivity contribution in [1.82, 2.24) is 20.0 Å². The number of benzene rings is 1. The third kappa shape index (κ3) is 6.68. The van der Waals surface area contributed by atoms with Crippen LogP contribution in [-0.4, -0.2) is 84.9 Å². The first-order valence-corrected chi connectivity index (χ1v) is 11.4. The summed E-state index contributed by atoms with van der Waals surface area (Å²) in [6.45, 7) is 7.35. The van der Waals surface area contributed by atoms with Crippen LogP contribution in [-0.2, 0) is 11.0 Å². The van der Waals surface area contributed by atoms with Gasteiger partial charge in [0, 0.05) is 63.8 Å². The van der Waals surface area contributed by atoms with Crippen molar-refractivity contribution in [2.24, 2.45) is 0 Å². The maximum Gasteiger partial charge on any atom is 0.416 e. The highest BCUT2D eigenvalue weighted by atomic mass is 19.4. The molecule has 2 aliphatic heterocycles. The molecule has 0 saturated carbocycles. The van der Waals surface area contributed by atoms with Crippen molar-refractivity contribution in [1.29, 1.82) is 0 Å². The molecule has 0 unspecified atom stereocenters. The molecule has 32 heavy (non-hydrogen) atoms. The molecule has 1 aromatic carbocycles. The number of likely N-dealkylation sites (tertiary alicyclic amines) is 1. The van der Waals surface area contributed by atoms with Crippen LogP contribution < -0.4 is 5.32 Å². The molecule has 0 spiro atoms. The Balaban J connectivity index is 1.66. The molecule has 2 amide bonds. The molecule has 1 N–H and O–H groups in total. The number of hydrogen-bond acceptors (Lipinski definition) is 4. The highest BCUT2D eigenvalue weighted by molar-refractivity contribution is 5.94. The molecule has 0 radical (unpaired) electrons. The molecule has 0 aromatic heterocycles. The Kier molecular flexibility index (Phi) is 8.53. The maximum absolute atomic E-state index is 13.1. The van der Waals surface area contributed by atoms with Crippen LogP contribution in [0.3, 0.4) is 0 Å². The van der Waals surface area contributed by atoms with Gasteiger partial charge in [-0.2, -0.15) is 13.2 Å². The van der Waals surface area contributed by atoms with E-state index >= 15 is 0 Å². The normalized spacial score (nSPS) is 20.2. The summed E-state index contributed by atoms with van der Waals surface area (Å²) in [5.74, 6) is -0.334. The van der Waals surface area contributed by atoms with E-state index in [9.17, 15) is 22.8 Å². The Labute approximate surface area is 187 Å². The largest absolute Gasteiger partial charge is 0.416 e. The summed E-state index contributed by atoms with van der Waals surface area (Å²) in [4.78, 5) is 31.5. The van der Waals surface area contributed by atoms with Crippen LogP contribution in [0.4, 0.5) is 13.2 Å². The van der Waals surface area contributed by atoms with E-state index in [0.29, 0.717) is 32.2 Å². The fraction of sp³-hybridized carbons (Fsp3) is 0.652. The minimum Gasteiger partial charge on any atom is -0.340 e. The van der Waals surface area contributed by atoms with E-state index < -0.39 is 11.7 Å². The summed E-state index contributed by atoms with van der Waals surface area (Å²) in [5.41, 5.74) is -0.573. The molecule has 1 atom stereocenters. The van der Waals surface area contributed by atoms with Gasteiger partial charge in [-0.1, -0.05) is 6.42 Å². The summed E-state index contributed by atoms with van der Waals surface area (Å²) in [5, 5.41) is 3.21. The minimum atomic E-state index is -4.44. The summed E-state index contributed by atoms with van der Waals surface area (Å²) in [6, 6.07) is 4.75. The molecule has 1 aromatic rings. The Morgan fingerprint density at radius 1 is 1.06 bits per heavy atom. The molecule has 2 fully saturated rings. The lowest BCUT2D eigenvalue weighted by molar-refractivity contribution is -0.137. The summed E-state index contributed by atoms with van der Waals surface area (Å²) < 4.78 is 38.6. The van der Waals surface area contributed by atoms with Gasteiger partial charge in [-0.3, -0.25) is 14.5 Å². The number of amides is 2. The number of halogens is 3. The quantitative estimate of drug-likeness (QED) is 0.689.